The molecule has 1 atom stereocenters. The number of urea groups is 1. The molecule has 0 heterocycles. The van der Waals surface area contributed by atoms with E-state index < -0.39 is 6.10 Å². The Balaban J connectivity index is 1.63. The van der Waals surface area contributed by atoms with Gasteiger partial charge in [-0.25, -0.2) is 4.79 Å². The molecule has 0 radical (unpaired) electrons. The van der Waals surface area contributed by atoms with Crippen LogP contribution in [0.3, 0.4) is 0 Å². The monoisotopic (exact) mass is 296 g/mol. The Morgan fingerprint density at radius 1 is 1.30 bits per heavy atom. The molecule has 4 nitrogen and oxygen atoms in total. The average Bonchev–Trinajstić information content (AvgIpc) is 2.39. The number of aliphatic hydroxyl groups excluding tert-OH is 1. The molecule has 20 heavy (non-hydrogen) atoms. The zero-order chi connectivity index (χ0) is 14.4. The van der Waals surface area contributed by atoms with Crippen molar-refractivity contribution in [1.82, 2.24) is 10.6 Å². The summed E-state index contributed by atoms with van der Waals surface area (Å²) in [4.78, 5) is 11.6. The predicted octanol–water partition coefficient (Wildman–Crippen LogP) is 2.86. The van der Waals surface area contributed by atoms with Crippen molar-refractivity contribution < 1.29 is 9.90 Å². The highest BCUT2D eigenvalue weighted by Crippen LogP contribution is 2.28. The first-order valence-electron chi connectivity index (χ1n) is 7.10. The van der Waals surface area contributed by atoms with Crippen LogP contribution in [-0.4, -0.2) is 24.2 Å². The first-order chi connectivity index (χ1) is 9.65. The summed E-state index contributed by atoms with van der Waals surface area (Å²) < 4.78 is 0. The Labute approximate surface area is 124 Å². The van der Waals surface area contributed by atoms with Crippen LogP contribution in [0.4, 0.5) is 4.79 Å². The minimum Gasteiger partial charge on any atom is -0.387 e. The van der Waals surface area contributed by atoms with E-state index in [1.165, 1.54) is 19.3 Å². The van der Waals surface area contributed by atoms with Gasteiger partial charge >= 0.3 is 6.03 Å². The highest BCUT2D eigenvalue weighted by atomic mass is 35.5. The summed E-state index contributed by atoms with van der Waals surface area (Å²) in [7, 11) is 0. The van der Waals surface area contributed by atoms with Crippen molar-refractivity contribution in [1.29, 1.82) is 0 Å². The number of halogens is 1. The second-order valence-electron chi connectivity index (χ2n) is 5.29. The first-order valence-corrected chi connectivity index (χ1v) is 7.48. The summed E-state index contributed by atoms with van der Waals surface area (Å²) >= 11 is 5.78. The van der Waals surface area contributed by atoms with E-state index in [4.69, 9.17) is 11.6 Å². The van der Waals surface area contributed by atoms with E-state index >= 15 is 0 Å². The number of benzene rings is 1. The Bertz CT molecular complexity index is 432. The molecule has 1 fully saturated rings. The lowest BCUT2D eigenvalue weighted by molar-refractivity contribution is 0.173. The summed E-state index contributed by atoms with van der Waals surface area (Å²) in [6.07, 6.45) is 4.23. The summed E-state index contributed by atoms with van der Waals surface area (Å²) in [5.41, 5.74) is 0.740. The molecule has 1 aliphatic carbocycles. The van der Waals surface area contributed by atoms with Crippen LogP contribution in [0, 0.1) is 5.92 Å². The van der Waals surface area contributed by atoms with E-state index in [0.717, 1.165) is 17.9 Å². The van der Waals surface area contributed by atoms with E-state index in [1.807, 2.05) is 0 Å². The number of hydrogen-bond donors (Lipinski definition) is 3. The predicted molar refractivity (Wildman–Crippen MR) is 79.8 cm³/mol. The third-order valence-corrected chi connectivity index (χ3v) is 4.03. The number of aliphatic hydroxyl groups is 1. The van der Waals surface area contributed by atoms with Crippen LogP contribution in [0.2, 0.25) is 5.02 Å². The van der Waals surface area contributed by atoms with Crippen molar-refractivity contribution in [2.75, 3.05) is 13.1 Å². The standard InChI is InChI=1S/C15H21ClN2O2/c16-13-6-4-12(5-7-13)14(19)10-18-15(20)17-9-8-11-2-1-3-11/h4-7,11,14,19H,1-3,8-10H2,(H2,17,18,20). The molecule has 0 spiro atoms. The van der Waals surface area contributed by atoms with Crippen LogP contribution in [0.25, 0.3) is 0 Å². The van der Waals surface area contributed by atoms with Crippen molar-refractivity contribution in [2.24, 2.45) is 5.92 Å². The number of amides is 2. The zero-order valence-electron chi connectivity index (χ0n) is 11.4. The molecule has 2 amide bonds. The summed E-state index contributed by atoms with van der Waals surface area (Å²) in [5, 5.41) is 16.1. The number of rotatable bonds is 6. The molecule has 5 heteroatoms. The van der Waals surface area contributed by atoms with Gasteiger partial charge in [0, 0.05) is 18.1 Å². The van der Waals surface area contributed by atoms with Crippen LogP contribution in [0.5, 0.6) is 0 Å². The molecule has 1 saturated carbocycles. The van der Waals surface area contributed by atoms with Crippen LogP contribution in [0.15, 0.2) is 24.3 Å². The Kier molecular flexibility index (Phi) is 5.68. The second-order valence-corrected chi connectivity index (χ2v) is 5.73. The van der Waals surface area contributed by atoms with Crippen LogP contribution >= 0.6 is 11.6 Å². The van der Waals surface area contributed by atoms with Crippen molar-refractivity contribution in [3.05, 3.63) is 34.9 Å². The number of nitrogens with one attached hydrogen (secondary N) is 2. The van der Waals surface area contributed by atoms with Gasteiger partial charge in [-0.05, 0) is 30.0 Å². The normalized spacial score (nSPS) is 16.3. The molecule has 0 saturated heterocycles. The third kappa shape index (κ3) is 4.69. The molecule has 0 aliphatic heterocycles. The maximum absolute atomic E-state index is 11.6. The average molecular weight is 297 g/mol. The molecule has 1 aromatic carbocycles. The van der Waals surface area contributed by atoms with E-state index in [-0.39, 0.29) is 12.6 Å². The Hall–Kier alpha value is -1.26. The van der Waals surface area contributed by atoms with Crippen molar-refractivity contribution in [3.8, 4) is 0 Å². The molecule has 2 rings (SSSR count). The fourth-order valence-electron chi connectivity index (χ4n) is 2.23. The number of carbonyl (C=O) groups excluding carboxylic acids is 1. The van der Waals surface area contributed by atoms with E-state index in [2.05, 4.69) is 10.6 Å². The van der Waals surface area contributed by atoms with E-state index in [1.54, 1.807) is 24.3 Å². The van der Waals surface area contributed by atoms with E-state index in [0.29, 0.717) is 11.6 Å². The highest BCUT2D eigenvalue weighted by molar-refractivity contribution is 6.30. The second kappa shape index (κ2) is 7.50. The SMILES string of the molecule is O=C(NCCC1CCC1)NCC(O)c1ccc(Cl)cc1. The van der Waals surface area contributed by atoms with Gasteiger partial charge in [-0.2, -0.15) is 0 Å². The molecule has 1 aromatic rings. The largest absolute Gasteiger partial charge is 0.387 e. The lowest BCUT2D eigenvalue weighted by atomic mass is 9.83. The summed E-state index contributed by atoms with van der Waals surface area (Å²) in [6.45, 7) is 0.893. The minimum atomic E-state index is -0.718. The molecule has 110 valence electrons. The van der Waals surface area contributed by atoms with Crippen LogP contribution < -0.4 is 10.6 Å². The Morgan fingerprint density at radius 2 is 2.00 bits per heavy atom. The van der Waals surface area contributed by atoms with Crippen molar-refractivity contribution >= 4 is 17.6 Å². The Morgan fingerprint density at radius 3 is 2.60 bits per heavy atom. The molecule has 1 aliphatic rings. The fourth-order valence-corrected chi connectivity index (χ4v) is 2.35. The van der Waals surface area contributed by atoms with Gasteiger partial charge in [-0.3, -0.25) is 0 Å². The third-order valence-electron chi connectivity index (χ3n) is 3.77. The number of carbonyl (C=O) groups is 1. The van der Waals surface area contributed by atoms with Gasteiger partial charge in [-0.1, -0.05) is 43.0 Å². The van der Waals surface area contributed by atoms with Gasteiger partial charge in [0.15, 0.2) is 0 Å². The van der Waals surface area contributed by atoms with Gasteiger partial charge < -0.3 is 15.7 Å². The zero-order valence-corrected chi connectivity index (χ0v) is 12.2. The van der Waals surface area contributed by atoms with Crippen LogP contribution in [-0.2, 0) is 0 Å². The minimum absolute atomic E-state index is 0.191. The molecule has 3 N–H and O–H groups in total. The maximum atomic E-state index is 11.6. The van der Waals surface area contributed by atoms with Crippen molar-refractivity contribution in [2.45, 2.75) is 31.8 Å². The quantitative estimate of drug-likeness (QED) is 0.756. The molecular weight excluding hydrogens is 276 g/mol. The highest BCUT2D eigenvalue weighted by Gasteiger charge is 2.17. The van der Waals surface area contributed by atoms with E-state index in [9.17, 15) is 9.90 Å². The van der Waals surface area contributed by atoms with Gasteiger partial charge in [0.25, 0.3) is 0 Å². The lowest BCUT2D eigenvalue weighted by Crippen LogP contribution is -2.38. The molecular formula is C15H21ClN2O2. The molecule has 0 bridgehead atoms. The van der Waals surface area contributed by atoms with Gasteiger partial charge in [0.2, 0.25) is 0 Å². The van der Waals surface area contributed by atoms with Gasteiger partial charge in [-0.15, -0.1) is 0 Å². The van der Waals surface area contributed by atoms with Crippen molar-refractivity contribution in [3.63, 3.8) is 0 Å². The lowest BCUT2D eigenvalue weighted by Gasteiger charge is -2.25. The van der Waals surface area contributed by atoms with Crippen LogP contribution in [0.1, 0.15) is 37.4 Å². The topological polar surface area (TPSA) is 61.4 Å². The molecule has 0 aromatic heterocycles. The maximum Gasteiger partial charge on any atom is 0.314 e. The molecule has 1 unspecified atom stereocenters. The number of hydrogen-bond acceptors (Lipinski definition) is 2. The van der Waals surface area contributed by atoms with Gasteiger partial charge in [0.1, 0.15) is 0 Å². The smallest absolute Gasteiger partial charge is 0.314 e. The fraction of sp³-hybridized carbons (Fsp3) is 0.533. The first kappa shape index (κ1) is 15.1. The summed E-state index contributed by atoms with van der Waals surface area (Å²) in [6, 6.07) is 6.72. The summed E-state index contributed by atoms with van der Waals surface area (Å²) in [5.74, 6) is 0.787. The van der Waals surface area contributed by atoms with Gasteiger partial charge in [0.05, 0.1) is 6.10 Å².